The highest BCUT2D eigenvalue weighted by Crippen LogP contribution is 2.37. The summed E-state index contributed by atoms with van der Waals surface area (Å²) < 4.78 is 20.8. The molecule has 2 aromatic heterocycles. The Hall–Kier alpha value is -1.57. The zero-order valence-corrected chi connectivity index (χ0v) is 16.1. The third-order valence-corrected chi connectivity index (χ3v) is 3.92. The molecule has 0 N–H and O–H groups in total. The molecular weight excluding hydrogens is 343 g/mol. The topological polar surface area (TPSA) is 39.4 Å². The number of nitrogens with zero attached hydrogens (tertiary/aromatic N) is 3. The predicted octanol–water partition coefficient (Wildman–Crippen LogP) is 4.40. The van der Waals surface area contributed by atoms with Gasteiger partial charge >= 0.3 is 0 Å². The third kappa shape index (κ3) is 3.74. The number of hydrogen-bond donors (Lipinski definition) is 0. The van der Waals surface area contributed by atoms with Gasteiger partial charge in [-0.05, 0) is 31.2 Å². The standard InChI is InChI=1S/C17H20FN3OP2/c1-16(2,18)22-13-6-4-11(5-7-13)14-10-21-12(8-19-14)9-20-15(21)17(3,23)24/h4-10H,23-24H2,1-3H3. The largest absolute Gasteiger partial charge is 0.459 e. The normalized spacial score (nSPS) is 12.6. The minimum atomic E-state index is -1.70. The summed E-state index contributed by atoms with van der Waals surface area (Å²) >= 11 is 0. The Labute approximate surface area is 145 Å². The summed E-state index contributed by atoms with van der Waals surface area (Å²) in [6.45, 7) is 4.81. The van der Waals surface area contributed by atoms with Gasteiger partial charge in [0.15, 0.2) is 0 Å². The Morgan fingerprint density at radius 2 is 1.67 bits per heavy atom. The molecule has 0 bridgehead atoms. The van der Waals surface area contributed by atoms with Crippen LogP contribution < -0.4 is 4.74 Å². The van der Waals surface area contributed by atoms with Crippen molar-refractivity contribution in [3.63, 3.8) is 0 Å². The molecule has 0 saturated carbocycles. The quantitative estimate of drug-likeness (QED) is 0.645. The number of halogens is 1. The zero-order chi connectivity index (χ0) is 17.5. The molecule has 2 heterocycles. The lowest BCUT2D eigenvalue weighted by atomic mass is 10.1. The Morgan fingerprint density at radius 1 is 1.04 bits per heavy atom. The molecule has 0 aliphatic heterocycles. The second-order valence-corrected chi connectivity index (χ2v) is 9.49. The smallest absolute Gasteiger partial charge is 0.242 e. The molecule has 4 nitrogen and oxygen atoms in total. The highest BCUT2D eigenvalue weighted by molar-refractivity contribution is 7.38. The molecule has 0 saturated heterocycles. The fourth-order valence-electron chi connectivity index (χ4n) is 2.42. The van der Waals surface area contributed by atoms with E-state index in [2.05, 4.69) is 35.4 Å². The maximum Gasteiger partial charge on any atom is 0.242 e. The van der Waals surface area contributed by atoms with E-state index in [9.17, 15) is 4.39 Å². The lowest BCUT2D eigenvalue weighted by molar-refractivity contribution is -0.0256. The number of hydrogen-bond acceptors (Lipinski definition) is 3. The minimum Gasteiger partial charge on any atom is -0.459 e. The van der Waals surface area contributed by atoms with Gasteiger partial charge < -0.3 is 4.74 Å². The van der Waals surface area contributed by atoms with Gasteiger partial charge in [-0.25, -0.2) is 4.98 Å². The summed E-state index contributed by atoms with van der Waals surface area (Å²) in [6, 6.07) is 7.22. The van der Waals surface area contributed by atoms with Crippen molar-refractivity contribution in [2.24, 2.45) is 0 Å². The Kier molecular flexibility index (Phi) is 4.36. The van der Waals surface area contributed by atoms with Crippen LogP contribution in [0.2, 0.25) is 0 Å². The van der Waals surface area contributed by atoms with E-state index in [-0.39, 0.29) is 4.90 Å². The van der Waals surface area contributed by atoms with E-state index < -0.39 is 5.85 Å². The first-order chi connectivity index (χ1) is 11.1. The highest BCUT2D eigenvalue weighted by atomic mass is 31.1. The average Bonchev–Trinajstić information content (AvgIpc) is 2.89. The monoisotopic (exact) mass is 363 g/mol. The Bertz CT molecular complexity index is 864. The predicted molar refractivity (Wildman–Crippen MR) is 101 cm³/mol. The van der Waals surface area contributed by atoms with Crippen molar-refractivity contribution in [3.8, 4) is 17.0 Å². The molecule has 0 aliphatic carbocycles. The summed E-state index contributed by atoms with van der Waals surface area (Å²) in [5.41, 5.74) is 2.67. The lowest BCUT2D eigenvalue weighted by Crippen LogP contribution is -2.20. The van der Waals surface area contributed by atoms with Crippen LogP contribution in [0.25, 0.3) is 16.8 Å². The van der Waals surface area contributed by atoms with Gasteiger partial charge in [-0.15, -0.1) is 18.5 Å². The number of alkyl halides is 1. The van der Waals surface area contributed by atoms with Crippen molar-refractivity contribution in [2.75, 3.05) is 0 Å². The summed E-state index contributed by atoms with van der Waals surface area (Å²) in [4.78, 5) is 8.74. The van der Waals surface area contributed by atoms with E-state index in [4.69, 9.17) is 4.74 Å². The van der Waals surface area contributed by atoms with Crippen molar-refractivity contribution >= 4 is 24.0 Å². The zero-order valence-electron chi connectivity index (χ0n) is 13.8. The minimum absolute atomic E-state index is 0.227. The van der Waals surface area contributed by atoms with Crippen molar-refractivity contribution in [2.45, 2.75) is 31.5 Å². The van der Waals surface area contributed by atoms with Crippen molar-refractivity contribution in [3.05, 3.63) is 48.7 Å². The van der Waals surface area contributed by atoms with Crippen LogP contribution in [0.15, 0.2) is 42.9 Å². The molecule has 7 heteroatoms. The highest BCUT2D eigenvalue weighted by Gasteiger charge is 2.20. The van der Waals surface area contributed by atoms with E-state index >= 15 is 0 Å². The summed E-state index contributed by atoms with van der Waals surface area (Å²) in [5.74, 6) is -0.305. The van der Waals surface area contributed by atoms with Gasteiger partial charge in [0.05, 0.1) is 28.5 Å². The maximum absolute atomic E-state index is 13.5. The van der Waals surface area contributed by atoms with Crippen LogP contribution >= 0.6 is 18.5 Å². The first-order valence-electron chi connectivity index (χ1n) is 7.53. The number of aromatic nitrogens is 3. The number of imidazole rings is 1. The first kappa shape index (κ1) is 17.3. The molecule has 0 aliphatic rings. The third-order valence-electron chi connectivity index (χ3n) is 3.41. The van der Waals surface area contributed by atoms with E-state index in [0.717, 1.165) is 22.6 Å². The average molecular weight is 363 g/mol. The molecule has 3 rings (SSSR count). The number of rotatable bonds is 4. The fourth-order valence-corrected chi connectivity index (χ4v) is 2.85. The maximum atomic E-state index is 13.5. The molecule has 0 fully saturated rings. The van der Waals surface area contributed by atoms with Gasteiger partial charge in [-0.1, -0.05) is 0 Å². The molecule has 0 radical (unpaired) electrons. The molecule has 2 unspecified atom stereocenters. The second kappa shape index (κ2) is 6.06. The van der Waals surface area contributed by atoms with Crippen molar-refractivity contribution in [1.29, 1.82) is 0 Å². The molecule has 126 valence electrons. The number of benzene rings is 1. The van der Waals surface area contributed by atoms with Crippen LogP contribution in [0.4, 0.5) is 4.39 Å². The van der Waals surface area contributed by atoms with Gasteiger partial charge in [0.25, 0.3) is 0 Å². The van der Waals surface area contributed by atoms with Gasteiger partial charge in [0.1, 0.15) is 11.6 Å². The summed E-state index contributed by atoms with van der Waals surface area (Å²) in [5, 5.41) is 0. The molecule has 0 amide bonds. The first-order valence-corrected chi connectivity index (χ1v) is 8.69. The SMILES string of the molecule is CC(C)(F)Oc1ccc(-c2cn3c(C(C)(P)P)ncc3cn2)cc1. The van der Waals surface area contributed by atoms with Gasteiger partial charge in [-0.2, -0.15) is 4.39 Å². The van der Waals surface area contributed by atoms with Gasteiger partial charge in [0.2, 0.25) is 5.85 Å². The van der Waals surface area contributed by atoms with E-state index in [1.807, 2.05) is 22.7 Å². The molecular formula is C17H20FN3OP2. The van der Waals surface area contributed by atoms with Crippen LogP contribution in [0.5, 0.6) is 5.75 Å². The van der Waals surface area contributed by atoms with E-state index in [1.165, 1.54) is 13.8 Å². The summed E-state index contributed by atoms with van der Waals surface area (Å²) in [7, 11) is 5.54. The van der Waals surface area contributed by atoms with E-state index in [1.54, 1.807) is 24.5 Å². The molecule has 1 aromatic carbocycles. The summed E-state index contributed by atoms with van der Waals surface area (Å²) in [6.07, 6.45) is 5.56. The Balaban J connectivity index is 1.97. The van der Waals surface area contributed by atoms with Gasteiger partial charge in [0, 0.05) is 25.6 Å². The van der Waals surface area contributed by atoms with Crippen LogP contribution in [-0.2, 0) is 4.90 Å². The molecule has 0 spiro atoms. The molecule has 2 atom stereocenters. The van der Waals surface area contributed by atoms with Crippen LogP contribution in [0.3, 0.4) is 0 Å². The second-order valence-electron chi connectivity index (χ2n) is 6.42. The van der Waals surface area contributed by atoms with Crippen molar-refractivity contribution < 1.29 is 9.13 Å². The van der Waals surface area contributed by atoms with E-state index in [0.29, 0.717) is 5.75 Å². The molecule has 3 aromatic rings. The Morgan fingerprint density at radius 3 is 2.25 bits per heavy atom. The van der Waals surface area contributed by atoms with Crippen LogP contribution in [-0.4, -0.2) is 20.2 Å². The van der Waals surface area contributed by atoms with Gasteiger partial charge in [-0.3, -0.25) is 9.38 Å². The fraction of sp³-hybridized carbons (Fsp3) is 0.294. The number of fused-ring (bicyclic) bond motifs is 1. The lowest BCUT2D eigenvalue weighted by Gasteiger charge is -2.17. The van der Waals surface area contributed by atoms with Crippen LogP contribution in [0, 0.1) is 0 Å². The molecule has 24 heavy (non-hydrogen) atoms. The van der Waals surface area contributed by atoms with Crippen molar-refractivity contribution in [1.82, 2.24) is 14.4 Å². The number of ether oxygens (including phenoxy) is 1. The van der Waals surface area contributed by atoms with Crippen LogP contribution in [0.1, 0.15) is 26.6 Å².